The predicted molar refractivity (Wildman–Crippen MR) is 157 cm³/mol. The normalized spacial score (nSPS) is 12.6. The molecule has 20 nitrogen and oxygen atoms in total. The molecular formula is C25H16N4O16S3. The summed E-state index contributed by atoms with van der Waals surface area (Å²) in [7, 11) is -16.0. The molecule has 0 spiro atoms. The Morgan fingerprint density at radius 1 is 0.562 bits per heavy atom. The Bertz CT molecular complexity index is 2440. The van der Waals surface area contributed by atoms with Crippen molar-refractivity contribution in [1.82, 2.24) is 0 Å². The fourth-order valence-electron chi connectivity index (χ4n) is 4.05. The van der Waals surface area contributed by atoms with Gasteiger partial charge in [0.15, 0.2) is 5.75 Å². The average Bonchev–Trinajstić information content (AvgIpc) is 2.97. The monoisotopic (exact) mass is 724 g/mol. The smallest absolute Gasteiger partial charge is 0.338 e. The van der Waals surface area contributed by atoms with Crippen LogP contribution in [-0.2, 0) is 30.4 Å². The minimum atomic E-state index is -5.40. The van der Waals surface area contributed by atoms with Gasteiger partial charge in [0.25, 0.3) is 30.4 Å². The first-order valence-corrected chi connectivity index (χ1v) is 16.5. The Kier molecular flexibility index (Phi) is 9.13. The van der Waals surface area contributed by atoms with Gasteiger partial charge in [-0.15, -0.1) is 10.2 Å². The molecule has 0 fully saturated rings. The van der Waals surface area contributed by atoms with Crippen LogP contribution in [-0.4, -0.2) is 77.2 Å². The predicted octanol–water partition coefficient (Wildman–Crippen LogP) is 4.21. The molecule has 0 unspecified atom stereocenters. The Balaban J connectivity index is 1.88. The molecule has 0 aliphatic heterocycles. The van der Waals surface area contributed by atoms with Gasteiger partial charge < -0.3 is 20.4 Å². The molecule has 0 aliphatic rings. The SMILES string of the molecule is O=C(O)c1cc(/N=N/c2ccc(/N=N/c3c(S(=O)(=O)O)cc4cc(S(=O)(=O)O)cc(S(=O)(=O)O)c4c3O)c(C(=O)O)c2)cc(C(=O)O)c1. The highest BCUT2D eigenvalue weighted by Gasteiger charge is 2.28. The molecule has 0 bridgehead atoms. The molecule has 4 aromatic rings. The van der Waals surface area contributed by atoms with E-state index < -0.39 is 108 Å². The molecule has 0 atom stereocenters. The summed E-state index contributed by atoms with van der Waals surface area (Å²) >= 11 is 0. The number of carboxylic acids is 3. The molecule has 7 N–H and O–H groups in total. The highest BCUT2D eigenvalue weighted by Crippen LogP contribution is 2.45. The van der Waals surface area contributed by atoms with Crippen molar-refractivity contribution in [2.75, 3.05) is 0 Å². The van der Waals surface area contributed by atoms with Crippen LogP contribution in [0.4, 0.5) is 22.7 Å². The summed E-state index contributed by atoms with van der Waals surface area (Å²) in [4.78, 5) is 30.8. The third-order valence-electron chi connectivity index (χ3n) is 6.10. The van der Waals surface area contributed by atoms with Crippen molar-refractivity contribution in [3.05, 3.63) is 71.3 Å². The first-order valence-electron chi connectivity index (χ1n) is 12.2. The number of aromatic hydroxyl groups is 1. The van der Waals surface area contributed by atoms with Crippen molar-refractivity contribution in [2.24, 2.45) is 20.5 Å². The maximum absolute atomic E-state index is 12.2. The Morgan fingerprint density at radius 3 is 1.62 bits per heavy atom. The summed E-state index contributed by atoms with van der Waals surface area (Å²) in [6.07, 6.45) is 0. The van der Waals surface area contributed by atoms with E-state index >= 15 is 0 Å². The van der Waals surface area contributed by atoms with E-state index in [4.69, 9.17) is 0 Å². The second kappa shape index (κ2) is 12.5. The Morgan fingerprint density at radius 2 is 1.12 bits per heavy atom. The van der Waals surface area contributed by atoms with Crippen molar-refractivity contribution in [1.29, 1.82) is 0 Å². The van der Waals surface area contributed by atoms with E-state index in [1.807, 2.05) is 0 Å². The second-order valence-electron chi connectivity index (χ2n) is 9.30. The summed E-state index contributed by atoms with van der Waals surface area (Å²) in [5.41, 5.74) is -3.74. The maximum atomic E-state index is 12.2. The lowest BCUT2D eigenvalue weighted by atomic mass is 10.1. The summed E-state index contributed by atoms with van der Waals surface area (Å²) in [6.45, 7) is 0. The zero-order chi connectivity index (χ0) is 35.9. The van der Waals surface area contributed by atoms with Gasteiger partial charge in [0.2, 0.25) is 0 Å². The molecule has 4 aromatic carbocycles. The number of fused-ring (bicyclic) bond motifs is 1. The topological polar surface area (TPSA) is 345 Å². The molecule has 0 radical (unpaired) electrons. The van der Waals surface area contributed by atoms with Crippen molar-refractivity contribution in [3.63, 3.8) is 0 Å². The first-order chi connectivity index (χ1) is 22.1. The summed E-state index contributed by atoms with van der Waals surface area (Å²) in [6, 6.07) is 6.90. The van der Waals surface area contributed by atoms with E-state index in [2.05, 4.69) is 20.5 Å². The van der Waals surface area contributed by atoms with E-state index in [0.29, 0.717) is 12.1 Å². The van der Waals surface area contributed by atoms with Gasteiger partial charge in [-0.2, -0.15) is 35.5 Å². The second-order valence-corrected chi connectivity index (χ2v) is 13.5. The zero-order valence-electron chi connectivity index (χ0n) is 23.0. The van der Waals surface area contributed by atoms with Crippen molar-refractivity contribution in [3.8, 4) is 5.75 Å². The minimum absolute atomic E-state index is 0.205. The van der Waals surface area contributed by atoms with Crippen LogP contribution in [0.25, 0.3) is 10.8 Å². The van der Waals surface area contributed by atoms with Gasteiger partial charge in [0, 0.05) is 5.39 Å². The maximum Gasteiger partial charge on any atom is 0.338 e. The highest BCUT2D eigenvalue weighted by atomic mass is 32.2. The molecule has 0 aromatic heterocycles. The van der Waals surface area contributed by atoms with Crippen LogP contribution in [0.2, 0.25) is 0 Å². The van der Waals surface area contributed by atoms with Crippen LogP contribution >= 0.6 is 0 Å². The molecule has 0 saturated heterocycles. The molecule has 23 heteroatoms. The van der Waals surface area contributed by atoms with Crippen molar-refractivity contribution < 1.29 is 73.7 Å². The highest BCUT2D eigenvalue weighted by molar-refractivity contribution is 7.87. The van der Waals surface area contributed by atoms with Gasteiger partial charge in [0.05, 0.1) is 33.0 Å². The molecule has 0 aliphatic carbocycles. The standard InChI is InChI=1S/C25H16N4O16S3/c30-22-20-10(6-15(46(37,38)39)9-18(20)47(40,41)42)7-19(48(43,44)45)21(22)29-28-17-2-1-13(8-16(17)25(35)36)26-27-14-4-11(23(31)32)3-12(5-14)24(33)34/h1-9,30H,(H,31,32)(H,33,34)(H,35,36)(H,37,38,39)(H,40,41,42)(H,43,44,45)/b27-26+,29-28+. The molecule has 0 heterocycles. The minimum Gasteiger partial charge on any atom is -0.505 e. The summed E-state index contributed by atoms with van der Waals surface area (Å²) < 4.78 is 101. The lowest BCUT2D eigenvalue weighted by molar-refractivity contribution is 0.0682. The van der Waals surface area contributed by atoms with E-state index in [-0.39, 0.29) is 17.4 Å². The van der Waals surface area contributed by atoms with Crippen molar-refractivity contribution >= 4 is 81.8 Å². The number of hydrogen-bond acceptors (Lipinski definition) is 14. The lowest BCUT2D eigenvalue weighted by Crippen LogP contribution is -2.06. The Labute approximate surface area is 267 Å². The number of benzene rings is 4. The number of phenolic OH excluding ortho intramolecular Hbond substituents is 1. The van der Waals surface area contributed by atoms with Gasteiger partial charge >= 0.3 is 17.9 Å². The molecular weight excluding hydrogens is 708 g/mol. The van der Waals surface area contributed by atoms with Crippen LogP contribution in [0, 0.1) is 0 Å². The molecule has 48 heavy (non-hydrogen) atoms. The fourth-order valence-corrected chi connectivity index (χ4v) is 6.07. The van der Waals surface area contributed by atoms with E-state index in [1.165, 1.54) is 0 Å². The number of nitrogens with zero attached hydrogens (tertiary/aromatic N) is 4. The van der Waals surface area contributed by atoms with Crippen LogP contribution in [0.15, 0.2) is 89.7 Å². The fraction of sp³-hybridized carbons (Fsp3) is 0. The molecule has 0 saturated carbocycles. The number of carbonyl (C=O) groups is 3. The quantitative estimate of drug-likeness (QED) is 0.0889. The van der Waals surface area contributed by atoms with E-state index in [9.17, 15) is 73.7 Å². The third kappa shape index (κ3) is 7.46. The molecule has 0 amide bonds. The number of aromatic carboxylic acids is 3. The first kappa shape index (κ1) is 35.1. The van der Waals surface area contributed by atoms with Crippen molar-refractivity contribution in [2.45, 2.75) is 14.7 Å². The van der Waals surface area contributed by atoms with Crippen LogP contribution in [0.5, 0.6) is 5.75 Å². The van der Waals surface area contributed by atoms with Gasteiger partial charge in [-0.05, 0) is 60.0 Å². The summed E-state index contributed by atoms with van der Waals surface area (Å²) in [5, 5.41) is 51.8. The van der Waals surface area contributed by atoms with Crippen LogP contribution in [0.1, 0.15) is 31.1 Å². The molecule has 250 valence electrons. The van der Waals surface area contributed by atoms with Crippen LogP contribution < -0.4 is 0 Å². The van der Waals surface area contributed by atoms with E-state index in [1.54, 1.807) is 0 Å². The number of hydrogen-bond donors (Lipinski definition) is 7. The van der Waals surface area contributed by atoms with E-state index in [0.717, 1.165) is 36.4 Å². The third-order valence-corrected chi connectivity index (χ3v) is 8.68. The number of phenols is 1. The Hall–Kier alpha value is -5.72. The van der Waals surface area contributed by atoms with Crippen LogP contribution in [0.3, 0.4) is 0 Å². The molecule has 4 rings (SSSR count). The number of carboxylic acid groups (broad SMARTS) is 3. The number of azo groups is 2. The zero-order valence-corrected chi connectivity index (χ0v) is 25.5. The largest absolute Gasteiger partial charge is 0.505 e. The number of rotatable bonds is 10. The van der Waals surface area contributed by atoms with Gasteiger partial charge in [-0.1, -0.05) is 0 Å². The lowest BCUT2D eigenvalue weighted by Gasteiger charge is -2.12. The summed E-state index contributed by atoms with van der Waals surface area (Å²) in [5.74, 6) is -6.01. The van der Waals surface area contributed by atoms with Gasteiger partial charge in [-0.25, -0.2) is 14.4 Å². The average molecular weight is 725 g/mol. The van der Waals surface area contributed by atoms with Gasteiger partial charge in [-0.3, -0.25) is 13.7 Å². The van der Waals surface area contributed by atoms with Gasteiger partial charge in [0.1, 0.15) is 21.2 Å².